The first-order chi connectivity index (χ1) is 47.5. The van der Waals surface area contributed by atoms with Gasteiger partial charge < -0.3 is 71.4 Å². The van der Waals surface area contributed by atoms with E-state index >= 15 is 0 Å². The maximum atomic E-state index is 12.8. The van der Waals surface area contributed by atoms with Gasteiger partial charge in [-0.2, -0.15) is 0 Å². The van der Waals surface area contributed by atoms with Gasteiger partial charge in [0.05, 0.1) is 58.4 Å². The Bertz CT molecular complexity index is 3150. The average Bonchev–Trinajstić information content (AvgIpc) is 1.01. The Balaban J connectivity index is 1.17. The summed E-state index contributed by atoms with van der Waals surface area (Å²) in [6, 6.07) is 38.1. The monoisotopic (exact) mass is 1320 g/mol. The second-order valence-corrected chi connectivity index (χ2v) is 22.0. The van der Waals surface area contributed by atoms with E-state index in [4.69, 9.17) is 66.3 Å². The molecule has 7 rings (SSSR count). The van der Waals surface area contributed by atoms with Gasteiger partial charge in [-0.25, -0.2) is 4.79 Å². The van der Waals surface area contributed by atoms with Crippen LogP contribution in [0.4, 0.5) is 0 Å². The van der Waals surface area contributed by atoms with Crippen LogP contribution in [0.5, 0.6) is 80.5 Å². The first-order valence-electron chi connectivity index (χ1n) is 32.4. The summed E-state index contributed by atoms with van der Waals surface area (Å²) in [5, 5.41) is 10.5. The van der Waals surface area contributed by atoms with Gasteiger partial charge in [-0.1, -0.05) is 48.6 Å². The number of aromatic carboxylic acids is 1. The van der Waals surface area contributed by atoms with E-state index in [-0.39, 0.29) is 56.7 Å². The molecule has 97 heavy (non-hydrogen) atoms. The summed E-state index contributed by atoms with van der Waals surface area (Å²) in [5.74, 6) is 6.14. The second kappa shape index (κ2) is 41.8. The Labute approximate surface area is 571 Å². The molecule has 0 aliphatic heterocycles. The number of carboxylic acids is 1. The molecule has 0 spiro atoms. The number of hydrogen-bond acceptors (Lipinski definition) is 15. The topological polar surface area (TPSA) is 167 Å². The Hall–Kier alpha value is -10.9. The maximum Gasteiger partial charge on any atom is 0.335 e. The van der Waals surface area contributed by atoms with Crippen LogP contribution < -0.4 is 66.3 Å². The van der Waals surface area contributed by atoms with Crippen molar-refractivity contribution in [3.8, 4) is 80.5 Å². The predicted molar refractivity (Wildman–Crippen MR) is 381 cm³/mol. The van der Waals surface area contributed by atoms with Gasteiger partial charge in [0, 0.05) is 42.5 Å². The van der Waals surface area contributed by atoms with E-state index < -0.39 is 5.97 Å². The molecular formula is C81H90O16. The number of benzene rings is 7. The summed E-state index contributed by atoms with van der Waals surface area (Å²) in [6.45, 7) is 34.6. The van der Waals surface area contributed by atoms with E-state index in [1.807, 2.05) is 97.1 Å². The third-order valence-corrected chi connectivity index (χ3v) is 13.9. The van der Waals surface area contributed by atoms with Crippen LogP contribution in [0, 0.1) is 0 Å². The van der Waals surface area contributed by atoms with Crippen LogP contribution in [0.15, 0.2) is 229 Å². The van der Waals surface area contributed by atoms with E-state index in [0.29, 0.717) is 184 Å². The molecule has 16 nitrogen and oxygen atoms in total. The van der Waals surface area contributed by atoms with Crippen LogP contribution in [0.2, 0.25) is 0 Å². The van der Waals surface area contributed by atoms with Gasteiger partial charge in [0.2, 0.25) is 0 Å². The van der Waals surface area contributed by atoms with Crippen molar-refractivity contribution in [2.24, 2.45) is 0 Å². The van der Waals surface area contributed by atoms with Crippen molar-refractivity contribution in [3.63, 3.8) is 0 Å². The average molecular weight is 1320 g/mol. The molecule has 0 saturated heterocycles. The molecule has 0 aromatic heterocycles. The van der Waals surface area contributed by atoms with Gasteiger partial charge in [0.1, 0.15) is 120 Å². The molecular weight excluding hydrogens is 1230 g/mol. The second-order valence-electron chi connectivity index (χ2n) is 22.0. The molecule has 0 amide bonds. The van der Waals surface area contributed by atoms with Crippen LogP contribution in [0.25, 0.3) is 0 Å². The number of hydrogen-bond donors (Lipinski definition) is 1. The van der Waals surface area contributed by atoms with Crippen LogP contribution in [0.1, 0.15) is 95.1 Å². The lowest BCUT2D eigenvalue weighted by Crippen LogP contribution is -2.05. The van der Waals surface area contributed by atoms with Crippen LogP contribution in [-0.2, 0) is 39.6 Å². The summed E-state index contributed by atoms with van der Waals surface area (Å²) in [7, 11) is 0. The fourth-order valence-electron chi connectivity index (χ4n) is 9.23. The minimum Gasteiger partial charge on any atom is -0.493 e. The van der Waals surface area contributed by atoms with Crippen molar-refractivity contribution in [2.75, 3.05) is 52.9 Å². The standard InChI is InChI=1S/C81H90O16/c1-9-17-25-84-67-33-60(34-68(47-67)85-26-18-10-2)54-92-75-41-64(42-76(51-75)93-55-61-35-69(86-27-19-11-3)48-70(36-61)87-28-20-12-4)58-96-79-45-66(81(82)83)46-80(53-79)97-59-65-43-77(94-56-62-37-71(88-29-21-13-5)49-72(38-62)89-30-22-14-6)52-78(44-65)95-57-63-39-73(90-31-23-15-7)50-74(40-63)91-32-24-16-8/h9-16,33-53H,1-8,17-32,54-59H2,(H,82,83). The number of rotatable bonds is 51. The molecule has 0 unspecified atom stereocenters. The van der Waals surface area contributed by atoms with Gasteiger partial charge in [0.25, 0.3) is 0 Å². The molecule has 16 heteroatoms. The van der Waals surface area contributed by atoms with Crippen LogP contribution in [-0.4, -0.2) is 63.9 Å². The third-order valence-electron chi connectivity index (χ3n) is 13.9. The van der Waals surface area contributed by atoms with Crippen molar-refractivity contribution in [1.82, 2.24) is 0 Å². The Kier molecular flexibility index (Phi) is 31.7. The molecule has 0 fully saturated rings. The zero-order chi connectivity index (χ0) is 68.7. The highest BCUT2D eigenvalue weighted by Crippen LogP contribution is 2.34. The highest BCUT2D eigenvalue weighted by atomic mass is 16.5. The van der Waals surface area contributed by atoms with E-state index in [0.717, 1.165) is 22.3 Å². The summed E-state index contributed by atoms with van der Waals surface area (Å²) < 4.78 is 87.5. The fourth-order valence-corrected chi connectivity index (χ4v) is 9.23. The highest BCUT2D eigenvalue weighted by Gasteiger charge is 2.16. The minimum absolute atomic E-state index is 0.0312. The Morgan fingerprint density at radius 2 is 0.361 bits per heavy atom. The number of carbonyl (C=O) groups is 1. The summed E-state index contributed by atoms with van der Waals surface area (Å²) in [4.78, 5) is 12.8. The lowest BCUT2D eigenvalue weighted by molar-refractivity contribution is 0.0695. The zero-order valence-electron chi connectivity index (χ0n) is 55.5. The van der Waals surface area contributed by atoms with Crippen molar-refractivity contribution < 1.29 is 76.2 Å². The van der Waals surface area contributed by atoms with Crippen molar-refractivity contribution in [3.05, 3.63) is 268 Å². The van der Waals surface area contributed by atoms with Crippen molar-refractivity contribution in [1.29, 1.82) is 0 Å². The van der Waals surface area contributed by atoms with Gasteiger partial charge in [-0.3, -0.25) is 0 Å². The molecule has 1 N–H and O–H groups in total. The predicted octanol–water partition coefficient (Wildman–Crippen LogP) is 18.5. The largest absolute Gasteiger partial charge is 0.493 e. The SMILES string of the molecule is C=CCCOc1cc(COc2cc(COc3cc(OCc4cc(OCc5cc(OCCC=C)cc(OCCC=C)c5)cc(OCc5cc(OCCC=C)cc(OCCC=C)c5)c4)cc(C(=O)O)c3)cc(OCc3cc(OCCC=C)cc(OCCC=C)c3)c2)cc(OCCC=C)c1. The normalized spacial score (nSPS) is 10.6. The van der Waals surface area contributed by atoms with Crippen molar-refractivity contribution in [2.45, 2.75) is 91.0 Å². The molecule has 0 aliphatic carbocycles. The lowest BCUT2D eigenvalue weighted by atomic mass is 10.1. The van der Waals surface area contributed by atoms with E-state index in [1.165, 1.54) is 12.1 Å². The highest BCUT2D eigenvalue weighted by molar-refractivity contribution is 5.88. The zero-order valence-corrected chi connectivity index (χ0v) is 55.5. The molecule has 510 valence electrons. The first kappa shape index (κ1) is 73.5. The van der Waals surface area contributed by atoms with Gasteiger partial charge >= 0.3 is 5.97 Å². The minimum atomic E-state index is -1.18. The molecule has 0 atom stereocenters. The first-order valence-corrected chi connectivity index (χ1v) is 32.4. The summed E-state index contributed by atoms with van der Waals surface area (Å²) in [6.07, 6.45) is 19.7. The Morgan fingerprint density at radius 1 is 0.227 bits per heavy atom. The molecule has 0 bridgehead atoms. The Morgan fingerprint density at radius 3 is 0.495 bits per heavy atom. The third kappa shape index (κ3) is 27.2. The van der Waals surface area contributed by atoms with Crippen LogP contribution >= 0.6 is 0 Å². The number of carboxylic acid groups (broad SMARTS) is 1. The molecule has 0 heterocycles. The van der Waals surface area contributed by atoms with E-state index in [1.54, 1.807) is 66.8 Å². The summed E-state index contributed by atoms with van der Waals surface area (Å²) >= 11 is 0. The summed E-state index contributed by atoms with van der Waals surface area (Å²) in [5.41, 5.74) is 4.42. The molecule has 0 radical (unpaired) electrons. The smallest absolute Gasteiger partial charge is 0.335 e. The van der Waals surface area contributed by atoms with Gasteiger partial charge in [0.15, 0.2) is 0 Å². The molecule has 0 saturated carbocycles. The maximum absolute atomic E-state index is 12.8. The number of ether oxygens (including phenoxy) is 14. The van der Waals surface area contributed by atoms with Gasteiger partial charge in [-0.05, 0) is 170 Å². The van der Waals surface area contributed by atoms with E-state index in [9.17, 15) is 9.90 Å². The van der Waals surface area contributed by atoms with E-state index in [2.05, 4.69) is 52.6 Å². The van der Waals surface area contributed by atoms with Gasteiger partial charge in [-0.15, -0.1) is 52.6 Å². The molecule has 7 aromatic rings. The molecule has 7 aromatic carbocycles. The quantitative estimate of drug-likeness (QED) is 0.0282. The fraction of sp³-hybridized carbons (Fsp3) is 0.272. The van der Waals surface area contributed by atoms with Crippen LogP contribution in [0.3, 0.4) is 0 Å². The van der Waals surface area contributed by atoms with Crippen molar-refractivity contribution >= 4 is 5.97 Å². The lowest BCUT2D eigenvalue weighted by Gasteiger charge is -2.16. The molecule has 0 aliphatic rings.